The van der Waals surface area contributed by atoms with Gasteiger partial charge in [-0.1, -0.05) is 0 Å². The summed E-state index contributed by atoms with van der Waals surface area (Å²) < 4.78 is 5.06. The first kappa shape index (κ1) is 11.7. The Bertz CT molecular complexity index is 537. The van der Waals surface area contributed by atoms with Gasteiger partial charge in [-0.2, -0.15) is 0 Å². The van der Waals surface area contributed by atoms with Gasteiger partial charge in [-0.15, -0.1) is 11.3 Å². The second-order valence-electron chi connectivity index (χ2n) is 3.52. The summed E-state index contributed by atoms with van der Waals surface area (Å²) in [6.07, 6.45) is 1.88. The van der Waals surface area contributed by atoms with Crippen LogP contribution in [0.5, 0.6) is 5.88 Å². The maximum Gasteiger partial charge on any atom is 0.224 e. The van der Waals surface area contributed by atoms with Crippen LogP contribution in [0.4, 0.5) is 0 Å². The molecule has 0 aliphatic carbocycles. The van der Waals surface area contributed by atoms with Gasteiger partial charge in [0.15, 0.2) is 5.78 Å². The molecule has 2 aromatic rings. The number of aryl methyl sites for hydroxylation is 1. The van der Waals surface area contributed by atoms with E-state index in [-0.39, 0.29) is 12.2 Å². The van der Waals surface area contributed by atoms with Gasteiger partial charge in [0, 0.05) is 11.6 Å². The Kier molecular flexibility index (Phi) is 3.49. The first-order valence-corrected chi connectivity index (χ1v) is 6.02. The summed E-state index contributed by atoms with van der Waals surface area (Å²) in [6.45, 7) is 1.92. The Hall–Kier alpha value is -1.75. The fourth-order valence-corrected chi connectivity index (χ4v) is 2.13. The van der Waals surface area contributed by atoms with E-state index in [0.717, 1.165) is 10.7 Å². The predicted octanol–water partition coefficient (Wildman–Crippen LogP) is 2.28. The van der Waals surface area contributed by atoms with Crippen LogP contribution in [-0.2, 0) is 6.42 Å². The molecule has 0 saturated carbocycles. The van der Waals surface area contributed by atoms with Crippen molar-refractivity contribution in [1.82, 2.24) is 9.97 Å². The number of thiazole rings is 1. The van der Waals surface area contributed by atoms with Crippen molar-refractivity contribution in [3.63, 3.8) is 0 Å². The molecule has 0 aliphatic heterocycles. The first-order chi connectivity index (χ1) is 8.20. The van der Waals surface area contributed by atoms with E-state index in [9.17, 15) is 4.79 Å². The van der Waals surface area contributed by atoms with Crippen LogP contribution in [0.25, 0.3) is 0 Å². The van der Waals surface area contributed by atoms with Gasteiger partial charge in [-0.25, -0.2) is 9.97 Å². The lowest BCUT2D eigenvalue weighted by Crippen LogP contribution is -2.07. The quantitative estimate of drug-likeness (QED) is 0.779. The summed E-state index contributed by atoms with van der Waals surface area (Å²) >= 11 is 1.54. The number of methoxy groups -OCH3 is 1. The van der Waals surface area contributed by atoms with E-state index in [0.29, 0.717) is 11.4 Å². The molecule has 0 N–H and O–H groups in total. The van der Waals surface area contributed by atoms with Crippen molar-refractivity contribution in [3.05, 3.63) is 40.0 Å². The number of hydrogen-bond donors (Lipinski definition) is 0. The minimum atomic E-state index is -0.0275. The third-order valence-corrected chi connectivity index (χ3v) is 3.10. The van der Waals surface area contributed by atoms with Crippen LogP contribution in [0.1, 0.15) is 21.1 Å². The van der Waals surface area contributed by atoms with E-state index in [1.54, 1.807) is 29.7 Å². The molecule has 0 fully saturated rings. The fourth-order valence-electron chi connectivity index (χ4n) is 1.51. The largest absolute Gasteiger partial charge is 0.480 e. The average Bonchev–Trinajstić information content (AvgIpc) is 2.74. The van der Waals surface area contributed by atoms with E-state index in [1.165, 1.54) is 7.11 Å². The Morgan fingerprint density at radius 3 is 3.00 bits per heavy atom. The monoisotopic (exact) mass is 248 g/mol. The Morgan fingerprint density at radius 1 is 1.53 bits per heavy atom. The Labute approximate surface area is 103 Å². The van der Waals surface area contributed by atoms with Crippen molar-refractivity contribution >= 4 is 17.1 Å². The van der Waals surface area contributed by atoms with Crippen molar-refractivity contribution in [2.24, 2.45) is 0 Å². The van der Waals surface area contributed by atoms with Crippen LogP contribution in [0, 0.1) is 6.92 Å². The molecule has 0 aliphatic rings. The zero-order valence-corrected chi connectivity index (χ0v) is 10.5. The lowest BCUT2D eigenvalue weighted by molar-refractivity contribution is 0.0988. The number of Topliss-reactive ketones (excluding diaryl/α,β-unsaturated/α-hetero) is 1. The van der Waals surface area contributed by atoms with Crippen LogP contribution < -0.4 is 4.74 Å². The SMILES string of the molecule is COc1ncccc1C(=O)Cc1csc(C)n1. The molecule has 0 radical (unpaired) electrons. The number of hydrogen-bond acceptors (Lipinski definition) is 5. The molecule has 2 heterocycles. The average molecular weight is 248 g/mol. The van der Waals surface area contributed by atoms with Gasteiger partial charge < -0.3 is 4.74 Å². The number of aromatic nitrogens is 2. The Balaban J connectivity index is 2.20. The molecule has 0 aromatic carbocycles. The third kappa shape index (κ3) is 2.68. The van der Waals surface area contributed by atoms with Gasteiger partial charge in [0.05, 0.1) is 29.8 Å². The second kappa shape index (κ2) is 5.05. The molecule has 88 valence electrons. The lowest BCUT2D eigenvalue weighted by Gasteiger charge is -2.04. The molecule has 0 unspecified atom stereocenters. The summed E-state index contributed by atoms with van der Waals surface area (Å²) in [6, 6.07) is 3.44. The molecule has 4 nitrogen and oxygen atoms in total. The molecule has 0 spiro atoms. The molecule has 0 bridgehead atoms. The standard InChI is InChI=1S/C12H12N2O2S/c1-8-14-9(7-17-8)6-11(15)10-4-3-5-13-12(10)16-2/h3-5,7H,6H2,1-2H3. The van der Waals surface area contributed by atoms with E-state index in [2.05, 4.69) is 9.97 Å². The summed E-state index contributed by atoms with van der Waals surface area (Å²) in [5, 5.41) is 2.86. The second-order valence-corrected chi connectivity index (χ2v) is 4.58. The summed E-state index contributed by atoms with van der Waals surface area (Å²) in [7, 11) is 1.51. The predicted molar refractivity (Wildman–Crippen MR) is 65.7 cm³/mol. The molecule has 2 rings (SSSR count). The highest BCUT2D eigenvalue weighted by Crippen LogP contribution is 2.17. The number of nitrogens with zero attached hydrogens (tertiary/aromatic N) is 2. The molecule has 17 heavy (non-hydrogen) atoms. The molecular weight excluding hydrogens is 236 g/mol. The van der Waals surface area contributed by atoms with Gasteiger partial charge in [0.2, 0.25) is 5.88 Å². The summed E-state index contributed by atoms with van der Waals surface area (Å²) in [4.78, 5) is 20.3. The van der Waals surface area contributed by atoms with Crippen LogP contribution >= 0.6 is 11.3 Å². The summed E-state index contributed by atoms with van der Waals surface area (Å²) in [5.74, 6) is 0.338. The molecule has 2 aromatic heterocycles. The normalized spacial score (nSPS) is 10.2. The fraction of sp³-hybridized carbons (Fsp3) is 0.250. The van der Waals surface area contributed by atoms with Crippen LogP contribution in [0.15, 0.2) is 23.7 Å². The number of ether oxygens (including phenoxy) is 1. The number of pyridine rings is 1. The maximum absolute atomic E-state index is 12.0. The van der Waals surface area contributed by atoms with Crippen molar-refractivity contribution in [2.45, 2.75) is 13.3 Å². The number of ketones is 1. The van der Waals surface area contributed by atoms with Crippen molar-refractivity contribution in [2.75, 3.05) is 7.11 Å². The van der Waals surface area contributed by atoms with Gasteiger partial charge >= 0.3 is 0 Å². The number of carbonyl (C=O) groups is 1. The zero-order chi connectivity index (χ0) is 12.3. The zero-order valence-electron chi connectivity index (χ0n) is 9.64. The van der Waals surface area contributed by atoms with E-state index in [1.807, 2.05) is 12.3 Å². The molecule has 0 atom stereocenters. The molecular formula is C12H12N2O2S. The van der Waals surface area contributed by atoms with E-state index in [4.69, 9.17) is 4.74 Å². The van der Waals surface area contributed by atoms with Gasteiger partial charge in [0.25, 0.3) is 0 Å². The number of carbonyl (C=O) groups excluding carboxylic acids is 1. The minimum Gasteiger partial charge on any atom is -0.480 e. The lowest BCUT2D eigenvalue weighted by atomic mass is 10.1. The topological polar surface area (TPSA) is 52.1 Å². The van der Waals surface area contributed by atoms with Crippen molar-refractivity contribution in [3.8, 4) is 5.88 Å². The number of rotatable bonds is 4. The minimum absolute atomic E-state index is 0.0275. The van der Waals surface area contributed by atoms with E-state index < -0.39 is 0 Å². The smallest absolute Gasteiger partial charge is 0.224 e. The maximum atomic E-state index is 12.0. The van der Waals surface area contributed by atoms with Gasteiger partial charge in [-0.05, 0) is 19.1 Å². The Morgan fingerprint density at radius 2 is 2.35 bits per heavy atom. The van der Waals surface area contributed by atoms with Crippen LogP contribution in [-0.4, -0.2) is 22.9 Å². The highest BCUT2D eigenvalue weighted by molar-refractivity contribution is 7.09. The van der Waals surface area contributed by atoms with E-state index >= 15 is 0 Å². The third-order valence-electron chi connectivity index (χ3n) is 2.27. The highest BCUT2D eigenvalue weighted by Gasteiger charge is 2.14. The molecule has 5 heteroatoms. The van der Waals surface area contributed by atoms with Gasteiger partial charge in [-0.3, -0.25) is 4.79 Å². The van der Waals surface area contributed by atoms with Crippen LogP contribution in [0.3, 0.4) is 0 Å². The van der Waals surface area contributed by atoms with Crippen molar-refractivity contribution < 1.29 is 9.53 Å². The van der Waals surface area contributed by atoms with Crippen molar-refractivity contribution in [1.29, 1.82) is 0 Å². The first-order valence-electron chi connectivity index (χ1n) is 5.14. The van der Waals surface area contributed by atoms with Crippen LogP contribution in [0.2, 0.25) is 0 Å². The molecule has 0 amide bonds. The summed E-state index contributed by atoms with van der Waals surface area (Å²) in [5.41, 5.74) is 1.30. The highest BCUT2D eigenvalue weighted by atomic mass is 32.1. The van der Waals surface area contributed by atoms with Gasteiger partial charge in [0.1, 0.15) is 0 Å². The molecule has 0 saturated heterocycles.